The number of benzene rings is 1. The summed E-state index contributed by atoms with van der Waals surface area (Å²) in [6.07, 6.45) is 0. The Bertz CT molecular complexity index is 644. The number of thioether (sulfide) groups is 1. The summed E-state index contributed by atoms with van der Waals surface area (Å²) in [7, 11) is 1.43. The van der Waals surface area contributed by atoms with E-state index in [2.05, 4.69) is 36.8 Å². The predicted octanol–water partition coefficient (Wildman–Crippen LogP) is 2.05. The first-order valence-corrected chi connectivity index (χ1v) is 7.60. The highest BCUT2D eigenvalue weighted by molar-refractivity contribution is 9.10. The third-order valence-corrected chi connectivity index (χ3v) is 3.65. The Morgan fingerprint density at radius 3 is 2.67 bits per heavy atom. The monoisotopic (exact) mass is 370 g/mol. The first-order valence-electron chi connectivity index (χ1n) is 5.82. The van der Waals surface area contributed by atoms with E-state index in [1.165, 1.54) is 7.05 Å². The van der Waals surface area contributed by atoms with Gasteiger partial charge in [-0.15, -0.1) is 10.2 Å². The third kappa shape index (κ3) is 4.57. The summed E-state index contributed by atoms with van der Waals surface area (Å²) < 4.78 is 6.39. The highest BCUT2D eigenvalue weighted by Crippen LogP contribution is 2.24. The molecule has 2 N–H and O–H groups in total. The highest BCUT2D eigenvalue weighted by Gasteiger charge is 2.12. The summed E-state index contributed by atoms with van der Waals surface area (Å²) in [4.78, 5) is 22.4. The molecule has 7 nitrogen and oxygen atoms in total. The van der Waals surface area contributed by atoms with Crippen molar-refractivity contribution in [2.75, 3.05) is 12.8 Å². The molecule has 9 heteroatoms. The lowest BCUT2D eigenvalue weighted by atomic mass is 10.2. The molecule has 3 amide bonds. The summed E-state index contributed by atoms with van der Waals surface area (Å²) >= 11 is 4.40. The topological polar surface area (TPSA) is 97.1 Å². The van der Waals surface area contributed by atoms with Crippen LogP contribution in [0.4, 0.5) is 4.79 Å². The Morgan fingerprint density at radius 1 is 1.29 bits per heavy atom. The van der Waals surface area contributed by atoms with E-state index >= 15 is 0 Å². The molecule has 0 aliphatic carbocycles. The second kappa shape index (κ2) is 7.23. The molecule has 0 aliphatic heterocycles. The predicted molar refractivity (Wildman–Crippen MR) is 80.8 cm³/mol. The normalized spacial score (nSPS) is 10.2. The van der Waals surface area contributed by atoms with Crippen LogP contribution in [-0.2, 0) is 4.79 Å². The summed E-state index contributed by atoms with van der Waals surface area (Å²) in [6.45, 7) is 0. The van der Waals surface area contributed by atoms with Crippen molar-refractivity contribution >= 4 is 39.6 Å². The van der Waals surface area contributed by atoms with Gasteiger partial charge in [0.2, 0.25) is 11.8 Å². The second-order valence-corrected chi connectivity index (χ2v) is 5.64. The molecule has 1 heterocycles. The molecule has 0 aliphatic rings. The average molecular weight is 371 g/mol. The molecular formula is C12H11BrN4O3S. The Balaban J connectivity index is 1.93. The molecule has 0 fully saturated rings. The molecule has 1 aromatic heterocycles. The van der Waals surface area contributed by atoms with Crippen molar-refractivity contribution < 1.29 is 14.0 Å². The van der Waals surface area contributed by atoms with Gasteiger partial charge in [0.05, 0.1) is 5.75 Å². The van der Waals surface area contributed by atoms with Crippen molar-refractivity contribution in [2.24, 2.45) is 0 Å². The number of carbonyl (C=O) groups excluding carboxylic acids is 2. The number of halogens is 1. The van der Waals surface area contributed by atoms with Crippen LogP contribution in [0.15, 0.2) is 38.4 Å². The minimum atomic E-state index is -0.554. The van der Waals surface area contributed by atoms with Crippen molar-refractivity contribution in [1.82, 2.24) is 20.8 Å². The second-order valence-electron chi connectivity index (χ2n) is 3.80. The van der Waals surface area contributed by atoms with Crippen LogP contribution in [0.5, 0.6) is 0 Å². The minimum absolute atomic E-state index is 0.00932. The number of hydrogen-bond donors (Lipinski definition) is 2. The van der Waals surface area contributed by atoms with Crippen molar-refractivity contribution in [3.05, 3.63) is 28.7 Å². The number of nitrogens with one attached hydrogen (secondary N) is 2. The SMILES string of the molecule is CNC(=O)NC(=O)CSc1nnc(-c2ccc(Br)cc2)o1. The van der Waals surface area contributed by atoms with Crippen molar-refractivity contribution in [3.8, 4) is 11.5 Å². The standard InChI is InChI=1S/C12H11BrN4O3S/c1-14-11(19)15-9(18)6-21-12-17-16-10(20-12)7-2-4-8(13)5-3-7/h2-5H,6H2,1H3,(H2,14,15,18,19). The minimum Gasteiger partial charge on any atom is -0.411 e. The molecule has 0 atom stereocenters. The number of hydrogen-bond acceptors (Lipinski definition) is 6. The zero-order valence-electron chi connectivity index (χ0n) is 10.9. The summed E-state index contributed by atoms with van der Waals surface area (Å²) in [6, 6.07) is 6.85. The van der Waals surface area contributed by atoms with Crippen LogP contribution >= 0.6 is 27.7 Å². The number of carbonyl (C=O) groups is 2. The molecule has 110 valence electrons. The lowest BCUT2D eigenvalue weighted by Gasteiger charge is -2.00. The number of rotatable bonds is 4. The average Bonchev–Trinajstić information content (AvgIpc) is 2.94. The van der Waals surface area contributed by atoms with Gasteiger partial charge in [0, 0.05) is 17.1 Å². The van der Waals surface area contributed by atoms with Gasteiger partial charge in [0.25, 0.3) is 5.22 Å². The fourth-order valence-corrected chi connectivity index (χ4v) is 2.16. The van der Waals surface area contributed by atoms with Crippen LogP contribution in [0.2, 0.25) is 0 Å². The van der Waals surface area contributed by atoms with Gasteiger partial charge in [-0.1, -0.05) is 27.7 Å². The van der Waals surface area contributed by atoms with Gasteiger partial charge < -0.3 is 9.73 Å². The van der Waals surface area contributed by atoms with E-state index in [1.54, 1.807) is 0 Å². The molecule has 1 aromatic carbocycles. The molecule has 21 heavy (non-hydrogen) atoms. The first kappa shape index (κ1) is 15.5. The fourth-order valence-electron chi connectivity index (χ4n) is 1.33. The number of amides is 3. The quantitative estimate of drug-likeness (QED) is 0.799. The summed E-state index contributed by atoms with van der Waals surface area (Å²) in [5.41, 5.74) is 0.785. The third-order valence-electron chi connectivity index (χ3n) is 2.30. The van der Waals surface area contributed by atoms with E-state index in [-0.39, 0.29) is 11.0 Å². The van der Waals surface area contributed by atoms with Crippen LogP contribution < -0.4 is 10.6 Å². The maximum absolute atomic E-state index is 11.4. The van der Waals surface area contributed by atoms with E-state index in [1.807, 2.05) is 24.3 Å². The Kier molecular flexibility index (Phi) is 5.34. The number of imide groups is 1. The molecular weight excluding hydrogens is 360 g/mol. The van der Waals surface area contributed by atoms with Crippen LogP contribution in [0, 0.1) is 0 Å². The molecule has 0 radical (unpaired) electrons. The van der Waals surface area contributed by atoms with Crippen LogP contribution in [0.3, 0.4) is 0 Å². The molecule has 0 saturated heterocycles. The van der Waals surface area contributed by atoms with E-state index in [9.17, 15) is 9.59 Å². The number of urea groups is 1. The van der Waals surface area contributed by atoms with Gasteiger partial charge in [0.1, 0.15) is 0 Å². The largest absolute Gasteiger partial charge is 0.411 e. The van der Waals surface area contributed by atoms with Gasteiger partial charge in [-0.2, -0.15) is 0 Å². The smallest absolute Gasteiger partial charge is 0.321 e. The van der Waals surface area contributed by atoms with Gasteiger partial charge in [0.15, 0.2) is 0 Å². The maximum atomic E-state index is 11.4. The lowest BCUT2D eigenvalue weighted by Crippen LogP contribution is -2.38. The van der Waals surface area contributed by atoms with Gasteiger partial charge in [-0.05, 0) is 24.3 Å². The Labute approximate surface area is 133 Å². The van der Waals surface area contributed by atoms with E-state index in [0.717, 1.165) is 21.8 Å². The molecule has 0 unspecified atom stereocenters. The summed E-state index contributed by atoms with van der Waals surface area (Å²) in [5.74, 6) is -0.0606. The van der Waals surface area contributed by atoms with E-state index in [4.69, 9.17) is 4.42 Å². The first-order chi connectivity index (χ1) is 10.1. The molecule has 0 saturated carbocycles. The van der Waals surface area contributed by atoms with E-state index in [0.29, 0.717) is 5.89 Å². The fraction of sp³-hybridized carbons (Fsp3) is 0.167. The van der Waals surface area contributed by atoms with Crippen molar-refractivity contribution in [2.45, 2.75) is 5.22 Å². The lowest BCUT2D eigenvalue weighted by molar-refractivity contribution is -0.117. The molecule has 0 bridgehead atoms. The highest BCUT2D eigenvalue weighted by atomic mass is 79.9. The Morgan fingerprint density at radius 2 is 2.00 bits per heavy atom. The summed E-state index contributed by atoms with van der Waals surface area (Å²) in [5, 5.41) is 12.4. The molecule has 0 spiro atoms. The van der Waals surface area contributed by atoms with Crippen LogP contribution in [-0.4, -0.2) is 34.9 Å². The number of nitrogens with zero attached hydrogens (tertiary/aromatic N) is 2. The zero-order chi connectivity index (χ0) is 15.2. The van der Waals surface area contributed by atoms with Crippen LogP contribution in [0.25, 0.3) is 11.5 Å². The van der Waals surface area contributed by atoms with Crippen LogP contribution in [0.1, 0.15) is 0 Å². The maximum Gasteiger partial charge on any atom is 0.321 e. The van der Waals surface area contributed by atoms with Gasteiger partial charge in [-0.25, -0.2) is 4.79 Å². The molecule has 2 aromatic rings. The van der Waals surface area contributed by atoms with E-state index < -0.39 is 11.9 Å². The van der Waals surface area contributed by atoms with Crippen molar-refractivity contribution in [3.63, 3.8) is 0 Å². The number of aromatic nitrogens is 2. The van der Waals surface area contributed by atoms with Gasteiger partial charge in [-0.3, -0.25) is 10.1 Å². The molecule has 2 rings (SSSR count). The Hall–Kier alpha value is -1.87. The van der Waals surface area contributed by atoms with Gasteiger partial charge >= 0.3 is 6.03 Å². The van der Waals surface area contributed by atoms with Crippen molar-refractivity contribution in [1.29, 1.82) is 0 Å². The zero-order valence-corrected chi connectivity index (χ0v) is 13.3.